The molecule has 0 aliphatic rings. The second-order valence-electron chi connectivity index (χ2n) is 2.69. The lowest BCUT2D eigenvalue weighted by atomic mass is 10.4. The van der Waals surface area contributed by atoms with Crippen LogP contribution < -0.4 is 0 Å². The summed E-state index contributed by atoms with van der Waals surface area (Å²) in [6.45, 7) is 3.87. The third-order valence-electron chi connectivity index (χ3n) is 1.80. The Morgan fingerprint density at radius 3 is 1.00 bits per heavy atom. The van der Waals surface area contributed by atoms with E-state index in [1.54, 1.807) is 0 Å². The summed E-state index contributed by atoms with van der Waals surface area (Å²) in [6.07, 6.45) is -3.68. The fourth-order valence-corrected chi connectivity index (χ4v) is 0.937. The summed E-state index contributed by atoms with van der Waals surface area (Å²) in [7, 11) is 0. The van der Waals surface area contributed by atoms with E-state index in [1.807, 2.05) is 0 Å². The van der Waals surface area contributed by atoms with Crippen LogP contribution in [-0.4, -0.2) is 43.9 Å². The summed E-state index contributed by atoms with van der Waals surface area (Å²) in [5, 5.41) is 36.5. The average molecular weight is 166 g/mol. The van der Waals surface area contributed by atoms with Crippen molar-refractivity contribution in [2.75, 3.05) is 0 Å². The van der Waals surface area contributed by atoms with Gasteiger partial charge in [-0.3, -0.25) is 0 Å². The van der Waals surface area contributed by atoms with Crippen molar-refractivity contribution < 1.29 is 25.2 Å². The van der Waals surface area contributed by atoms with Gasteiger partial charge in [-0.05, 0) is 0 Å². The summed E-state index contributed by atoms with van der Waals surface area (Å²) in [5.74, 6) is 0. The number of quaternary nitrogens is 1. The molecular formula is C6H16NO4+. The molecule has 5 nitrogen and oxygen atoms in total. The molecule has 3 atom stereocenters. The maximum Gasteiger partial charge on any atom is 0.221 e. The molecule has 0 heterocycles. The van der Waals surface area contributed by atoms with Crippen LogP contribution in [0.2, 0.25) is 0 Å². The minimum absolute atomic E-state index is 1.17. The Labute approximate surface area is 65.7 Å². The van der Waals surface area contributed by atoms with Crippen molar-refractivity contribution in [1.29, 1.82) is 0 Å². The highest BCUT2D eigenvalue weighted by Crippen LogP contribution is 2.15. The number of hydrogen-bond acceptors (Lipinski definition) is 4. The number of rotatable bonds is 3. The molecule has 0 saturated heterocycles. The molecule has 0 fully saturated rings. The van der Waals surface area contributed by atoms with E-state index in [-0.39, 0.29) is 0 Å². The normalized spacial score (nSPS) is 25.4. The van der Waals surface area contributed by atoms with Gasteiger partial charge in [0.2, 0.25) is 18.7 Å². The molecule has 0 aromatic heterocycles. The summed E-state index contributed by atoms with van der Waals surface area (Å²) < 4.78 is -1.17. The van der Waals surface area contributed by atoms with E-state index in [1.165, 1.54) is 20.8 Å². The third kappa shape index (κ3) is 1.88. The number of aliphatic hydroxyl groups excluding tert-OH is 3. The molecular weight excluding hydrogens is 150 g/mol. The van der Waals surface area contributed by atoms with Gasteiger partial charge in [-0.1, -0.05) is 0 Å². The van der Waals surface area contributed by atoms with Gasteiger partial charge in [0.05, 0.1) is 0 Å². The van der Waals surface area contributed by atoms with Crippen molar-refractivity contribution in [2.24, 2.45) is 0 Å². The first-order valence-corrected chi connectivity index (χ1v) is 3.48. The summed E-state index contributed by atoms with van der Waals surface area (Å²) in [6, 6.07) is 0. The van der Waals surface area contributed by atoms with Crippen LogP contribution in [0.4, 0.5) is 0 Å². The zero-order chi connectivity index (χ0) is 9.23. The van der Waals surface area contributed by atoms with Gasteiger partial charge in [-0.2, -0.15) is 0 Å². The smallest absolute Gasteiger partial charge is 0.221 e. The molecule has 3 unspecified atom stereocenters. The second-order valence-corrected chi connectivity index (χ2v) is 2.69. The van der Waals surface area contributed by atoms with Crippen LogP contribution >= 0.6 is 0 Å². The summed E-state index contributed by atoms with van der Waals surface area (Å²) >= 11 is 0. The van der Waals surface area contributed by atoms with Crippen LogP contribution in [0.1, 0.15) is 20.8 Å². The topological polar surface area (TPSA) is 80.9 Å². The minimum atomic E-state index is -1.23. The molecule has 0 aromatic rings. The van der Waals surface area contributed by atoms with Crippen LogP contribution in [0.3, 0.4) is 0 Å². The van der Waals surface area contributed by atoms with E-state index in [9.17, 15) is 5.21 Å². The molecule has 11 heavy (non-hydrogen) atoms. The number of aliphatic hydroxyl groups is 3. The van der Waals surface area contributed by atoms with Crippen molar-refractivity contribution in [1.82, 2.24) is 0 Å². The van der Waals surface area contributed by atoms with E-state index in [0.717, 1.165) is 0 Å². The Morgan fingerprint density at radius 1 is 0.818 bits per heavy atom. The number of nitrogens with zero attached hydrogens (tertiary/aromatic N) is 1. The summed E-state index contributed by atoms with van der Waals surface area (Å²) in [5.41, 5.74) is 0. The Kier molecular flexibility index (Phi) is 3.40. The van der Waals surface area contributed by atoms with Crippen molar-refractivity contribution in [3.05, 3.63) is 0 Å². The fourth-order valence-electron chi connectivity index (χ4n) is 0.937. The van der Waals surface area contributed by atoms with E-state index in [0.29, 0.717) is 0 Å². The van der Waals surface area contributed by atoms with Gasteiger partial charge < -0.3 is 15.3 Å². The van der Waals surface area contributed by atoms with Crippen molar-refractivity contribution >= 4 is 0 Å². The lowest BCUT2D eigenvalue weighted by Crippen LogP contribution is -2.62. The molecule has 0 aliphatic heterocycles. The molecule has 0 radical (unpaired) electrons. The van der Waals surface area contributed by atoms with Crippen molar-refractivity contribution in [3.8, 4) is 0 Å². The van der Waals surface area contributed by atoms with Crippen LogP contribution in [0.5, 0.6) is 0 Å². The van der Waals surface area contributed by atoms with Gasteiger partial charge >= 0.3 is 0 Å². The average Bonchev–Trinajstić information content (AvgIpc) is 1.84. The molecule has 68 valence electrons. The molecule has 0 amide bonds. The monoisotopic (exact) mass is 166 g/mol. The van der Waals surface area contributed by atoms with Crippen LogP contribution in [0.25, 0.3) is 0 Å². The van der Waals surface area contributed by atoms with Gasteiger partial charge in [-0.25, -0.2) is 5.21 Å². The number of hydrogen-bond donors (Lipinski definition) is 4. The van der Waals surface area contributed by atoms with Crippen molar-refractivity contribution in [3.63, 3.8) is 0 Å². The first-order valence-electron chi connectivity index (χ1n) is 3.48. The molecule has 4 N–H and O–H groups in total. The fraction of sp³-hybridized carbons (Fsp3) is 1.00. The van der Waals surface area contributed by atoms with Gasteiger partial charge in [0.1, 0.15) is 0 Å². The highest BCUT2D eigenvalue weighted by molar-refractivity contribution is 4.35. The lowest BCUT2D eigenvalue weighted by Gasteiger charge is -2.36. The van der Waals surface area contributed by atoms with E-state index < -0.39 is 23.3 Å². The third-order valence-corrected chi connectivity index (χ3v) is 1.80. The van der Waals surface area contributed by atoms with Gasteiger partial charge in [-0.15, -0.1) is 4.65 Å². The molecule has 0 rings (SSSR count). The SMILES string of the molecule is CC(O)[N+](O)(C(C)O)C(C)O. The minimum Gasteiger partial charge on any atom is -0.343 e. The molecule has 0 spiro atoms. The van der Waals surface area contributed by atoms with Gasteiger partial charge in [0, 0.05) is 20.8 Å². The Hall–Kier alpha value is -0.200. The molecule has 0 aromatic carbocycles. The highest BCUT2D eigenvalue weighted by Gasteiger charge is 2.41. The lowest BCUT2D eigenvalue weighted by molar-refractivity contribution is -1.19. The maximum absolute atomic E-state index is 9.43. The second kappa shape index (κ2) is 3.46. The maximum atomic E-state index is 9.43. The van der Waals surface area contributed by atoms with Crippen LogP contribution in [0.15, 0.2) is 0 Å². The zero-order valence-electron chi connectivity index (χ0n) is 6.97. The van der Waals surface area contributed by atoms with Crippen LogP contribution in [0, 0.1) is 0 Å². The standard InChI is InChI=1S/C6H16NO4/c1-4(8)7(11,5(2)9)6(3)10/h4-6,8-11H,1-3H3/q+1. The highest BCUT2D eigenvalue weighted by atomic mass is 16.6. The zero-order valence-corrected chi connectivity index (χ0v) is 6.97. The Balaban J connectivity index is 4.53. The molecule has 0 saturated carbocycles. The van der Waals surface area contributed by atoms with Gasteiger partial charge in [0.25, 0.3) is 0 Å². The Bertz CT molecular complexity index is 102. The first-order chi connectivity index (χ1) is 4.83. The quantitative estimate of drug-likeness (QED) is 0.251. The van der Waals surface area contributed by atoms with Crippen LogP contribution in [-0.2, 0) is 0 Å². The Morgan fingerprint density at radius 2 is 1.00 bits per heavy atom. The molecule has 0 aliphatic carbocycles. The van der Waals surface area contributed by atoms with Gasteiger partial charge in [0.15, 0.2) is 0 Å². The number of hydroxylamine groups is 3. The summed E-state index contributed by atoms with van der Waals surface area (Å²) in [4.78, 5) is 0. The molecule has 0 bridgehead atoms. The van der Waals surface area contributed by atoms with Crippen molar-refractivity contribution in [2.45, 2.75) is 39.5 Å². The van der Waals surface area contributed by atoms with E-state index >= 15 is 0 Å². The van der Waals surface area contributed by atoms with E-state index in [4.69, 9.17) is 15.3 Å². The van der Waals surface area contributed by atoms with E-state index in [2.05, 4.69) is 0 Å². The first kappa shape index (κ1) is 10.8. The largest absolute Gasteiger partial charge is 0.343 e. The molecule has 5 heteroatoms. The predicted molar refractivity (Wildman–Crippen MR) is 37.1 cm³/mol. The predicted octanol–water partition coefficient (Wildman–Crippen LogP) is -0.793.